The molecule has 0 saturated heterocycles. The van der Waals surface area contributed by atoms with Crippen LogP contribution in [0.25, 0.3) is 10.8 Å². The van der Waals surface area contributed by atoms with Gasteiger partial charge in [-0.15, -0.1) is 0 Å². The number of aromatic nitrogens is 1. The number of non-ortho nitro benzene ring substituents is 1. The first-order valence-corrected chi connectivity index (χ1v) is 6.86. The van der Waals surface area contributed by atoms with Crippen LogP contribution in [0.4, 0.5) is 16.2 Å². The van der Waals surface area contributed by atoms with Crippen LogP contribution >= 0.6 is 0 Å². The number of nitrogens with zero attached hydrogens (tertiary/aromatic N) is 4. The maximum Gasteiger partial charge on any atom is 0.340 e. The fourth-order valence-corrected chi connectivity index (χ4v) is 2.30. The van der Waals surface area contributed by atoms with Gasteiger partial charge < -0.3 is 5.73 Å². The Kier molecular flexibility index (Phi) is 3.77. The van der Waals surface area contributed by atoms with Crippen molar-refractivity contribution in [1.82, 2.24) is 4.98 Å². The van der Waals surface area contributed by atoms with Crippen molar-refractivity contribution >= 4 is 28.2 Å². The summed E-state index contributed by atoms with van der Waals surface area (Å²) < 4.78 is 0. The first-order chi connectivity index (χ1) is 11.9. The predicted octanol–water partition coefficient (Wildman–Crippen LogP) is 0.140. The number of nitro benzene ring substituents is 1. The zero-order valence-electron chi connectivity index (χ0n) is 12.4. The van der Waals surface area contributed by atoms with Crippen LogP contribution in [-0.4, -0.2) is 15.9 Å². The fraction of sp³-hybridized carbons (Fsp3) is 0. The average molecular weight is 339 g/mol. The molecule has 3 aromatic rings. The van der Waals surface area contributed by atoms with E-state index in [0.717, 1.165) is 12.1 Å². The van der Waals surface area contributed by atoms with E-state index in [-0.39, 0.29) is 22.1 Å². The Morgan fingerprint density at radius 2 is 1.76 bits per heavy atom. The number of hydrogen-bond acceptors (Lipinski definition) is 7. The molecule has 0 atom stereocenters. The van der Waals surface area contributed by atoms with Gasteiger partial charge in [0.05, 0.1) is 10.6 Å². The van der Waals surface area contributed by atoms with Crippen molar-refractivity contribution in [2.45, 2.75) is 0 Å². The molecule has 25 heavy (non-hydrogen) atoms. The molecule has 0 aliphatic carbocycles. The van der Waals surface area contributed by atoms with E-state index in [1.165, 1.54) is 30.6 Å². The molecule has 10 nitrogen and oxygen atoms in total. The van der Waals surface area contributed by atoms with Gasteiger partial charge in [0.2, 0.25) is 10.9 Å². The molecule has 0 saturated carbocycles. The molecule has 1 aromatic heterocycles. The van der Waals surface area contributed by atoms with E-state index in [9.17, 15) is 24.5 Å². The third kappa shape index (κ3) is 2.72. The monoisotopic (exact) mass is 339 g/mol. The van der Waals surface area contributed by atoms with Crippen molar-refractivity contribution in [1.29, 1.82) is 0 Å². The second-order valence-corrected chi connectivity index (χ2v) is 4.95. The van der Waals surface area contributed by atoms with Gasteiger partial charge in [-0.3, -0.25) is 24.7 Å². The van der Waals surface area contributed by atoms with Crippen molar-refractivity contribution in [3.05, 3.63) is 78.6 Å². The minimum Gasteiger partial charge on any atom is -0.350 e. The van der Waals surface area contributed by atoms with E-state index < -0.39 is 27.2 Å². The van der Waals surface area contributed by atoms with Crippen LogP contribution in [0.2, 0.25) is 0 Å². The summed E-state index contributed by atoms with van der Waals surface area (Å²) in [5, 5.41) is 14.6. The second-order valence-electron chi connectivity index (χ2n) is 4.95. The third-order valence-electron chi connectivity index (χ3n) is 3.45. The molecule has 10 heteroatoms. The maximum atomic E-state index is 12.4. The third-order valence-corrected chi connectivity index (χ3v) is 3.45. The molecule has 0 fully saturated rings. The van der Waals surface area contributed by atoms with Gasteiger partial charge in [-0.05, 0) is 18.2 Å². The minimum atomic E-state index is -1.01. The number of pyridine rings is 1. The lowest BCUT2D eigenvalue weighted by Gasteiger charge is -2.12. The summed E-state index contributed by atoms with van der Waals surface area (Å²) in [7, 11) is 0. The van der Waals surface area contributed by atoms with Gasteiger partial charge in [0.15, 0.2) is 5.36 Å². The lowest BCUT2D eigenvalue weighted by Crippen LogP contribution is -2.40. The Labute approximate surface area is 138 Å². The summed E-state index contributed by atoms with van der Waals surface area (Å²) in [5.74, 6) is 0. The van der Waals surface area contributed by atoms with Crippen molar-refractivity contribution in [2.24, 2.45) is 10.8 Å². The number of anilines is 1. The van der Waals surface area contributed by atoms with E-state index in [0.29, 0.717) is 5.01 Å². The fourth-order valence-electron chi connectivity index (χ4n) is 2.30. The summed E-state index contributed by atoms with van der Waals surface area (Å²) >= 11 is 0. The Hall–Kier alpha value is -3.95. The number of nitrogens with two attached hydrogens (primary N) is 1. The van der Waals surface area contributed by atoms with Crippen LogP contribution in [0, 0.1) is 10.1 Å². The Bertz CT molecular complexity index is 1150. The number of fused-ring (bicyclic) bond motifs is 1. The molecule has 124 valence electrons. The average Bonchev–Trinajstić information content (AvgIpc) is 2.84. The van der Waals surface area contributed by atoms with Gasteiger partial charge in [-0.25, -0.2) is 4.79 Å². The molecular weight excluding hydrogens is 330 g/mol. The number of rotatable bonds is 3. The van der Waals surface area contributed by atoms with Crippen LogP contribution in [0.15, 0.2) is 57.4 Å². The minimum absolute atomic E-state index is 0.0199. The second kappa shape index (κ2) is 5.92. The Balaban J connectivity index is 2.29. The van der Waals surface area contributed by atoms with Gasteiger partial charge in [-0.2, -0.15) is 10.1 Å². The molecule has 0 aliphatic rings. The highest BCUT2D eigenvalue weighted by Crippen LogP contribution is 2.15. The maximum absolute atomic E-state index is 12.4. The van der Waals surface area contributed by atoms with Crippen LogP contribution in [-0.2, 0) is 0 Å². The number of hydrogen-bond donors (Lipinski definition) is 1. The van der Waals surface area contributed by atoms with E-state index >= 15 is 0 Å². The zero-order valence-corrected chi connectivity index (χ0v) is 12.4. The molecular formula is C15H9N5O5. The topological polar surface area (TPSA) is 149 Å². The van der Waals surface area contributed by atoms with E-state index in [1.54, 1.807) is 0 Å². The van der Waals surface area contributed by atoms with Gasteiger partial charge in [0.1, 0.15) is 0 Å². The van der Waals surface area contributed by atoms with Crippen LogP contribution < -0.4 is 27.0 Å². The number of carbonyl (C=O) groups excluding carboxylic acids is 1. The Morgan fingerprint density at radius 3 is 2.36 bits per heavy atom. The van der Waals surface area contributed by atoms with Crippen LogP contribution in [0.1, 0.15) is 0 Å². The summed E-state index contributed by atoms with van der Waals surface area (Å²) in [5.41, 5.74) is 3.57. The number of primary amides is 1. The molecule has 3 rings (SSSR count). The normalized spacial score (nSPS) is 11.6. The molecule has 0 aliphatic heterocycles. The number of amides is 2. The van der Waals surface area contributed by atoms with E-state index in [1.807, 2.05) is 0 Å². The lowest BCUT2D eigenvalue weighted by molar-refractivity contribution is -0.384. The van der Waals surface area contributed by atoms with Gasteiger partial charge in [-0.1, -0.05) is 0 Å². The molecule has 2 N–H and O–H groups in total. The molecule has 0 unspecified atom stereocenters. The van der Waals surface area contributed by atoms with Gasteiger partial charge in [0.25, 0.3) is 5.69 Å². The van der Waals surface area contributed by atoms with Crippen molar-refractivity contribution in [2.75, 3.05) is 5.01 Å². The van der Waals surface area contributed by atoms with E-state index in [4.69, 9.17) is 5.73 Å². The summed E-state index contributed by atoms with van der Waals surface area (Å²) in [6.07, 6.45) is 2.75. The SMILES string of the molecule is NC(=O)N(/N=c1/c(=O)c2ccc([N+](=O)[O-])cc2c1=O)c1ccncc1. The zero-order chi connectivity index (χ0) is 18.1. The van der Waals surface area contributed by atoms with Crippen molar-refractivity contribution < 1.29 is 9.72 Å². The van der Waals surface area contributed by atoms with E-state index in [2.05, 4.69) is 10.1 Å². The molecule has 0 spiro atoms. The predicted molar refractivity (Wildman–Crippen MR) is 87.4 cm³/mol. The quantitative estimate of drug-likeness (QED) is 0.530. The number of benzene rings is 1. The van der Waals surface area contributed by atoms with Gasteiger partial charge in [0, 0.05) is 35.3 Å². The summed E-state index contributed by atoms with van der Waals surface area (Å²) in [4.78, 5) is 50.3. The number of nitro groups is 1. The molecule has 2 aromatic carbocycles. The highest BCUT2D eigenvalue weighted by atomic mass is 16.6. The molecule has 0 radical (unpaired) electrons. The standard InChI is InChI=1S/C15H9N5O5/c16-15(23)19(8-3-5-17-6-4-8)18-12-13(21)10-2-1-9(20(24)25)7-11(10)14(12)22/h1-7H,(H2,16,23)/b18-12-. The summed E-state index contributed by atoms with van der Waals surface area (Å²) in [6.45, 7) is 0. The summed E-state index contributed by atoms with van der Waals surface area (Å²) in [6, 6.07) is 5.10. The van der Waals surface area contributed by atoms with Crippen molar-refractivity contribution in [3.8, 4) is 0 Å². The first-order valence-electron chi connectivity index (χ1n) is 6.86. The molecule has 1 heterocycles. The van der Waals surface area contributed by atoms with Gasteiger partial charge >= 0.3 is 6.03 Å². The first kappa shape index (κ1) is 15.9. The molecule has 0 bridgehead atoms. The largest absolute Gasteiger partial charge is 0.350 e. The van der Waals surface area contributed by atoms with Crippen LogP contribution in [0.3, 0.4) is 0 Å². The lowest BCUT2D eigenvalue weighted by atomic mass is 10.2. The highest BCUT2D eigenvalue weighted by molar-refractivity contribution is 5.90. The number of carbonyl (C=O) groups is 1. The van der Waals surface area contributed by atoms with Crippen molar-refractivity contribution in [3.63, 3.8) is 0 Å². The highest BCUT2D eigenvalue weighted by Gasteiger charge is 2.18. The number of urea groups is 1. The Morgan fingerprint density at radius 1 is 1.12 bits per heavy atom. The smallest absolute Gasteiger partial charge is 0.340 e. The molecule has 2 amide bonds. The van der Waals surface area contributed by atoms with Crippen LogP contribution in [0.5, 0.6) is 0 Å².